The lowest BCUT2D eigenvalue weighted by molar-refractivity contribution is 0.0340. The van der Waals surface area contributed by atoms with Crippen molar-refractivity contribution >= 4 is 16.8 Å². The third-order valence-corrected chi connectivity index (χ3v) is 4.91. The van der Waals surface area contributed by atoms with Crippen molar-refractivity contribution in [3.63, 3.8) is 0 Å². The van der Waals surface area contributed by atoms with Gasteiger partial charge in [-0.25, -0.2) is 4.39 Å². The minimum Gasteiger partial charge on any atom is -0.379 e. The lowest BCUT2D eigenvalue weighted by Crippen LogP contribution is -2.36. The van der Waals surface area contributed by atoms with Crippen molar-refractivity contribution in [2.24, 2.45) is 0 Å². The largest absolute Gasteiger partial charge is 0.379 e. The minimum atomic E-state index is -0.335. The second-order valence-electron chi connectivity index (χ2n) is 6.72. The molecule has 0 bridgehead atoms. The number of halogens is 1. The Morgan fingerprint density at radius 1 is 1.11 bits per heavy atom. The summed E-state index contributed by atoms with van der Waals surface area (Å²) in [7, 11) is 0. The molecule has 0 spiro atoms. The maximum absolute atomic E-state index is 13.8. The van der Waals surface area contributed by atoms with Crippen molar-refractivity contribution in [3.8, 4) is 0 Å². The van der Waals surface area contributed by atoms with Gasteiger partial charge in [-0.05, 0) is 29.3 Å². The number of aromatic amines is 1. The van der Waals surface area contributed by atoms with Crippen molar-refractivity contribution in [1.29, 1.82) is 0 Å². The first-order chi connectivity index (χ1) is 13.2. The molecule has 5 nitrogen and oxygen atoms in total. The van der Waals surface area contributed by atoms with Crippen LogP contribution < -0.4 is 5.32 Å². The van der Waals surface area contributed by atoms with E-state index < -0.39 is 0 Å². The van der Waals surface area contributed by atoms with E-state index in [2.05, 4.69) is 21.3 Å². The van der Waals surface area contributed by atoms with Gasteiger partial charge in [-0.3, -0.25) is 9.69 Å². The summed E-state index contributed by atoms with van der Waals surface area (Å²) in [5.41, 5.74) is 3.26. The molecule has 4 rings (SSSR count). The molecule has 0 radical (unpaired) electrons. The number of carbonyl (C=O) groups excluding carboxylic acids is 1. The molecule has 2 aromatic carbocycles. The zero-order valence-electron chi connectivity index (χ0n) is 15.0. The highest BCUT2D eigenvalue weighted by Crippen LogP contribution is 2.19. The molecular weight excluding hydrogens is 345 g/mol. The van der Waals surface area contributed by atoms with Crippen LogP contribution in [0.25, 0.3) is 10.9 Å². The summed E-state index contributed by atoms with van der Waals surface area (Å²) in [4.78, 5) is 17.8. The Balaban J connectivity index is 1.44. The third kappa shape index (κ3) is 4.02. The average molecular weight is 367 g/mol. The van der Waals surface area contributed by atoms with Crippen molar-refractivity contribution in [2.75, 3.05) is 26.3 Å². The zero-order valence-corrected chi connectivity index (χ0v) is 15.0. The standard InChI is InChI=1S/C21H22FN3O2/c22-18-6-3-7-19-17(18)12-20(24-19)21(26)23-13-15-4-1-2-5-16(15)14-25-8-10-27-11-9-25/h1-7,12,24H,8-11,13-14H2,(H,23,26). The number of benzene rings is 2. The number of H-pyrrole nitrogens is 1. The first-order valence-electron chi connectivity index (χ1n) is 9.13. The van der Waals surface area contributed by atoms with Crippen LogP contribution in [0.4, 0.5) is 4.39 Å². The molecule has 27 heavy (non-hydrogen) atoms. The number of nitrogens with one attached hydrogen (secondary N) is 2. The normalized spacial score (nSPS) is 15.1. The van der Waals surface area contributed by atoms with Crippen LogP contribution in [-0.4, -0.2) is 42.1 Å². The lowest BCUT2D eigenvalue weighted by Gasteiger charge is -2.27. The minimum absolute atomic E-state index is 0.244. The van der Waals surface area contributed by atoms with Crippen LogP contribution in [0.15, 0.2) is 48.5 Å². The van der Waals surface area contributed by atoms with E-state index in [0.717, 1.165) is 38.4 Å². The second kappa shape index (κ2) is 7.90. The Morgan fingerprint density at radius 3 is 2.67 bits per heavy atom. The van der Waals surface area contributed by atoms with Crippen LogP contribution in [0.5, 0.6) is 0 Å². The number of amides is 1. The second-order valence-corrected chi connectivity index (χ2v) is 6.72. The molecule has 140 valence electrons. The van der Waals surface area contributed by atoms with Gasteiger partial charge in [0.25, 0.3) is 5.91 Å². The van der Waals surface area contributed by atoms with E-state index in [1.807, 2.05) is 18.2 Å². The number of rotatable bonds is 5. The van der Waals surface area contributed by atoms with E-state index in [1.54, 1.807) is 18.2 Å². The molecule has 3 aromatic rings. The summed E-state index contributed by atoms with van der Waals surface area (Å²) in [5, 5.41) is 3.36. The molecule has 6 heteroatoms. The maximum atomic E-state index is 13.8. The van der Waals surface area contributed by atoms with Gasteiger partial charge >= 0.3 is 0 Å². The highest BCUT2D eigenvalue weighted by Gasteiger charge is 2.14. The Bertz CT molecular complexity index is 948. The Kier molecular flexibility index (Phi) is 5.18. The van der Waals surface area contributed by atoms with Gasteiger partial charge < -0.3 is 15.0 Å². The number of hydrogen-bond acceptors (Lipinski definition) is 3. The summed E-state index contributed by atoms with van der Waals surface area (Å²) >= 11 is 0. The summed E-state index contributed by atoms with van der Waals surface area (Å²) in [6.45, 7) is 4.62. The fraction of sp³-hybridized carbons (Fsp3) is 0.286. The Labute approximate surface area is 157 Å². The molecule has 0 unspecified atom stereocenters. The predicted octanol–water partition coefficient (Wildman–Crippen LogP) is 3.07. The third-order valence-electron chi connectivity index (χ3n) is 4.91. The van der Waals surface area contributed by atoms with E-state index in [0.29, 0.717) is 23.1 Å². The maximum Gasteiger partial charge on any atom is 0.267 e. The zero-order chi connectivity index (χ0) is 18.6. The highest BCUT2D eigenvalue weighted by atomic mass is 19.1. The van der Waals surface area contributed by atoms with Gasteiger partial charge in [0.05, 0.1) is 13.2 Å². The average Bonchev–Trinajstić information content (AvgIpc) is 3.14. The van der Waals surface area contributed by atoms with E-state index in [9.17, 15) is 9.18 Å². The van der Waals surface area contributed by atoms with Crippen molar-refractivity contribution < 1.29 is 13.9 Å². The van der Waals surface area contributed by atoms with Gasteiger partial charge in [-0.2, -0.15) is 0 Å². The molecule has 1 amide bonds. The number of nitrogens with zero attached hydrogens (tertiary/aromatic N) is 1. The van der Waals surface area contributed by atoms with E-state index in [1.165, 1.54) is 11.6 Å². The summed E-state index contributed by atoms with van der Waals surface area (Å²) < 4.78 is 19.2. The molecule has 1 aromatic heterocycles. The predicted molar refractivity (Wildman–Crippen MR) is 102 cm³/mol. The van der Waals surface area contributed by atoms with Gasteiger partial charge in [-0.1, -0.05) is 30.3 Å². The topological polar surface area (TPSA) is 57.4 Å². The molecule has 0 atom stereocenters. The van der Waals surface area contributed by atoms with Crippen molar-refractivity contribution in [2.45, 2.75) is 13.1 Å². The number of fused-ring (bicyclic) bond motifs is 1. The Hall–Kier alpha value is -2.70. The van der Waals surface area contributed by atoms with E-state index in [4.69, 9.17) is 4.74 Å². The number of hydrogen-bond donors (Lipinski definition) is 2. The van der Waals surface area contributed by atoms with E-state index in [-0.39, 0.29) is 11.7 Å². The van der Waals surface area contributed by atoms with Crippen LogP contribution in [-0.2, 0) is 17.8 Å². The summed E-state index contributed by atoms with van der Waals surface area (Å²) in [6, 6.07) is 14.4. The molecule has 1 aliphatic heterocycles. The molecule has 1 aliphatic rings. The molecule has 0 saturated carbocycles. The molecule has 0 aliphatic carbocycles. The molecule has 1 fully saturated rings. The molecule has 1 saturated heterocycles. The van der Waals surface area contributed by atoms with Gasteiger partial charge in [0.1, 0.15) is 11.5 Å². The monoisotopic (exact) mass is 367 g/mol. The highest BCUT2D eigenvalue weighted by molar-refractivity contribution is 5.98. The van der Waals surface area contributed by atoms with Crippen molar-refractivity contribution in [1.82, 2.24) is 15.2 Å². The Morgan fingerprint density at radius 2 is 1.89 bits per heavy atom. The van der Waals surface area contributed by atoms with E-state index >= 15 is 0 Å². The summed E-state index contributed by atoms with van der Waals surface area (Å²) in [5.74, 6) is -0.578. The number of aromatic nitrogens is 1. The van der Waals surface area contributed by atoms with Gasteiger partial charge in [0, 0.05) is 37.1 Å². The van der Waals surface area contributed by atoms with Crippen LogP contribution in [0, 0.1) is 5.82 Å². The van der Waals surface area contributed by atoms with Crippen LogP contribution in [0.3, 0.4) is 0 Å². The summed E-state index contributed by atoms with van der Waals surface area (Å²) in [6.07, 6.45) is 0. The van der Waals surface area contributed by atoms with Crippen LogP contribution >= 0.6 is 0 Å². The van der Waals surface area contributed by atoms with Crippen molar-refractivity contribution in [3.05, 3.63) is 71.2 Å². The fourth-order valence-electron chi connectivity index (χ4n) is 3.40. The van der Waals surface area contributed by atoms with Crippen LogP contribution in [0.2, 0.25) is 0 Å². The van der Waals surface area contributed by atoms with Gasteiger partial charge in [0.15, 0.2) is 0 Å². The number of morpholine rings is 1. The van der Waals surface area contributed by atoms with Gasteiger partial charge in [0.2, 0.25) is 0 Å². The lowest BCUT2D eigenvalue weighted by atomic mass is 10.1. The fourth-order valence-corrected chi connectivity index (χ4v) is 3.40. The molecule has 2 N–H and O–H groups in total. The number of carbonyl (C=O) groups is 1. The quantitative estimate of drug-likeness (QED) is 0.729. The first-order valence-corrected chi connectivity index (χ1v) is 9.13. The van der Waals surface area contributed by atoms with Crippen LogP contribution in [0.1, 0.15) is 21.6 Å². The molecular formula is C21H22FN3O2. The van der Waals surface area contributed by atoms with Gasteiger partial charge in [-0.15, -0.1) is 0 Å². The smallest absolute Gasteiger partial charge is 0.267 e. The molecule has 2 heterocycles. The first kappa shape index (κ1) is 17.7. The number of ether oxygens (including phenoxy) is 1. The SMILES string of the molecule is O=C(NCc1ccccc1CN1CCOCC1)c1cc2c(F)cccc2[nH]1.